The molecule has 0 bridgehead atoms. The molecule has 208 valence electrons. The van der Waals surface area contributed by atoms with E-state index in [9.17, 15) is 20.0 Å². The van der Waals surface area contributed by atoms with Gasteiger partial charge >= 0.3 is 0 Å². The summed E-state index contributed by atoms with van der Waals surface area (Å²) in [4.78, 5) is 37.8. The van der Waals surface area contributed by atoms with Gasteiger partial charge in [-0.15, -0.1) is 0 Å². The number of H-pyrrole nitrogens is 1. The monoisotopic (exact) mass is 558 g/mol. The number of phenolic OH excluding ortho intramolecular Hbond substituents is 1. The summed E-state index contributed by atoms with van der Waals surface area (Å²) in [6, 6.07) is 23.9. The molecular weight excluding hydrogens is 532 g/mol. The first-order chi connectivity index (χ1) is 20.5. The second kappa shape index (κ2) is 12.5. The lowest BCUT2D eigenvalue weighted by Gasteiger charge is -2.15. The number of rotatable bonds is 9. The maximum atomic E-state index is 13.2. The van der Waals surface area contributed by atoms with Crippen molar-refractivity contribution < 1.29 is 19.4 Å². The molecule has 10 heteroatoms. The second-order valence-corrected chi connectivity index (χ2v) is 9.24. The van der Waals surface area contributed by atoms with Crippen LogP contribution in [0.25, 0.3) is 22.4 Å². The van der Waals surface area contributed by atoms with Crippen LogP contribution < -0.4 is 15.4 Å². The molecule has 4 N–H and O–H groups in total. The van der Waals surface area contributed by atoms with Gasteiger partial charge in [0.05, 0.1) is 24.8 Å². The fourth-order valence-electron chi connectivity index (χ4n) is 4.41. The van der Waals surface area contributed by atoms with Crippen LogP contribution in [0.2, 0.25) is 0 Å². The number of para-hydroxylation sites is 1. The number of amides is 2. The zero-order valence-electron chi connectivity index (χ0n) is 22.6. The number of benzene rings is 3. The van der Waals surface area contributed by atoms with Gasteiger partial charge in [0.1, 0.15) is 23.1 Å². The van der Waals surface area contributed by atoms with E-state index in [2.05, 4.69) is 31.7 Å². The van der Waals surface area contributed by atoms with E-state index < -0.39 is 5.91 Å². The molecule has 5 rings (SSSR count). The van der Waals surface area contributed by atoms with Crippen LogP contribution >= 0.6 is 0 Å². The highest BCUT2D eigenvalue weighted by Crippen LogP contribution is 2.36. The quantitative estimate of drug-likeness (QED) is 0.200. The van der Waals surface area contributed by atoms with E-state index in [4.69, 9.17) is 4.74 Å². The van der Waals surface area contributed by atoms with Crippen molar-refractivity contribution in [2.75, 3.05) is 19.0 Å². The SMILES string of the molecule is COc1cccc(C(=O)Nc2nc(-c3ccccc3O)cc(-c3cccc(C(=O)NCCc4c[nH]cn4)c3)c2C#N)c1. The number of aromatic nitrogens is 3. The van der Waals surface area contributed by atoms with Gasteiger partial charge in [0, 0.05) is 41.4 Å². The van der Waals surface area contributed by atoms with Crippen molar-refractivity contribution in [2.24, 2.45) is 0 Å². The van der Waals surface area contributed by atoms with Gasteiger partial charge in [0.2, 0.25) is 0 Å². The number of ether oxygens (including phenoxy) is 1. The van der Waals surface area contributed by atoms with E-state index in [1.807, 2.05) is 0 Å². The van der Waals surface area contributed by atoms with Crippen LogP contribution in [0.3, 0.4) is 0 Å². The van der Waals surface area contributed by atoms with Crippen molar-refractivity contribution in [1.29, 1.82) is 5.26 Å². The van der Waals surface area contributed by atoms with Gasteiger partial charge in [0.25, 0.3) is 11.8 Å². The molecule has 2 heterocycles. The summed E-state index contributed by atoms with van der Waals surface area (Å²) in [7, 11) is 1.50. The molecule has 0 aliphatic heterocycles. The number of imidazole rings is 1. The number of aromatic amines is 1. The molecule has 0 radical (unpaired) electrons. The van der Waals surface area contributed by atoms with Gasteiger partial charge in [-0.2, -0.15) is 5.26 Å². The first-order valence-electron chi connectivity index (χ1n) is 13.0. The average Bonchev–Trinajstić information content (AvgIpc) is 3.54. The Labute approximate surface area is 241 Å². The smallest absolute Gasteiger partial charge is 0.256 e. The van der Waals surface area contributed by atoms with E-state index in [1.54, 1.807) is 85.3 Å². The van der Waals surface area contributed by atoms with Crippen molar-refractivity contribution >= 4 is 17.6 Å². The van der Waals surface area contributed by atoms with Gasteiger partial charge in [-0.3, -0.25) is 9.59 Å². The van der Waals surface area contributed by atoms with Crippen molar-refractivity contribution in [1.82, 2.24) is 20.3 Å². The maximum Gasteiger partial charge on any atom is 0.256 e. The average molecular weight is 559 g/mol. The third-order valence-electron chi connectivity index (χ3n) is 6.53. The lowest BCUT2D eigenvalue weighted by atomic mass is 9.96. The molecule has 3 aromatic carbocycles. The van der Waals surface area contributed by atoms with Crippen molar-refractivity contribution in [3.8, 4) is 40.0 Å². The Kier molecular flexibility index (Phi) is 8.21. The molecule has 0 saturated carbocycles. The number of pyridine rings is 1. The Morgan fingerprint density at radius 3 is 2.50 bits per heavy atom. The molecule has 10 nitrogen and oxygen atoms in total. The normalized spacial score (nSPS) is 10.5. The van der Waals surface area contributed by atoms with E-state index in [0.29, 0.717) is 52.2 Å². The number of carbonyl (C=O) groups excluding carboxylic acids is 2. The lowest BCUT2D eigenvalue weighted by Crippen LogP contribution is -2.25. The number of carbonyl (C=O) groups is 2. The van der Waals surface area contributed by atoms with E-state index in [1.165, 1.54) is 13.2 Å². The third-order valence-corrected chi connectivity index (χ3v) is 6.53. The van der Waals surface area contributed by atoms with Crippen LogP contribution in [0.4, 0.5) is 5.82 Å². The zero-order chi connectivity index (χ0) is 29.5. The Hall–Kier alpha value is -5.95. The van der Waals surface area contributed by atoms with E-state index in [0.717, 1.165) is 5.69 Å². The summed E-state index contributed by atoms with van der Waals surface area (Å²) < 4.78 is 5.23. The Balaban J connectivity index is 1.53. The molecular formula is C32H26N6O4. The Morgan fingerprint density at radius 1 is 0.976 bits per heavy atom. The summed E-state index contributed by atoms with van der Waals surface area (Å²) >= 11 is 0. The van der Waals surface area contributed by atoms with E-state index >= 15 is 0 Å². The number of nitrogens with zero attached hydrogens (tertiary/aromatic N) is 3. The highest BCUT2D eigenvalue weighted by Gasteiger charge is 2.20. The third kappa shape index (κ3) is 6.11. The van der Waals surface area contributed by atoms with Crippen LogP contribution in [0.15, 0.2) is 91.4 Å². The van der Waals surface area contributed by atoms with Gasteiger partial charge < -0.3 is 25.5 Å². The predicted molar refractivity (Wildman–Crippen MR) is 157 cm³/mol. The molecule has 0 fully saturated rings. The molecule has 0 aliphatic rings. The number of nitriles is 1. The van der Waals surface area contributed by atoms with E-state index in [-0.39, 0.29) is 23.0 Å². The van der Waals surface area contributed by atoms with Crippen molar-refractivity contribution in [2.45, 2.75) is 6.42 Å². The summed E-state index contributed by atoms with van der Waals surface area (Å²) in [5.41, 5.74) is 3.36. The molecule has 5 aromatic rings. The summed E-state index contributed by atoms with van der Waals surface area (Å²) in [5, 5.41) is 26.4. The molecule has 0 aliphatic carbocycles. The van der Waals surface area contributed by atoms with Gasteiger partial charge in [0.15, 0.2) is 5.82 Å². The number of hydrogen-bond donors (Lipinski definition) is 4. The number of anilines is 1. The van der Waals surface area contributed by atoms with Crippen LogP contribution in [0.1, 0.15) is 32.0 Å². The zero-order valence-corrected chi connectivity index (χ0v) is 22.6. The molecule has 0 spiro atoms. The van der Waals surface area contributed by atoms with Crippen LogP contribution in [0, 0.1) is 11.3 Å². The number of aromatic hydroxyl groups is 1. The van der Waals surface area contributed by atoms with Crippen LogP contribution in [0.5, 0.6) is 11.5 Å². The molecule has 0 unspecified atom stereocenters. The molecule has 2 aromatic heterocycles. The number of phenols is 1. The first-order valence-corrected chi connectivity index (χ1v) is 13.0. The Bertz CT molecular complexity index is 1790. The molecule has 2 amide bonds. The molecule has 0 saturated heterocycles. The highest BCUT2D eigenvalue weighted by molar-refractivity contribution is 6.05. The minimum atomic E-state index is -0.497. The number of nitrogens with one attached hydrogen (secondary N) is 3. The van der Waals surface area contributed by atoms with Gasteiger partial charge in [-0.25, -0.2) is 9.97 Å². The van der Waals surface area contributed by atoms with Gasteiger partial charge in [-0.1, -0.05) is 30.3 Å². The summed E-state index contributed by atoms with van der Waals surface area (Å²) in [6.45, 7) is 0.393. The minimum absolute atomic E-state index is 0.00919. The Morgan fingerprint density at radius 2 is 1.76 bits per heavy atom. The fraction of sp³-hybridized carbons (Fsp3) is 0.0938. The van der Waals surface area contributed by atoms with Crippen molar-refractivity contribution in [3.05, 3.63) is 114 Å². The summed E-state index contributed by atoms with van der Waals surface area (Å²) in [6.07, 6.45) is 3.92. The molecule has 42 heavy (non-hydrogen) atoms. The standard InChI is InChI=1S/C32H26N6O4/c1-42-24-9-5-8-22(15-24)32(41)38-30-27(17-33)26(16-28(37-30)25-10-2-3-11-29(25)39)20-6-4-7-21(14-20)31(40)35-13-12-23-18-34-19-36-23/h2-11,14-16,18-19,39H,12-13H2,1H3,(H,34,36)(H,35,40)(H,37,38,41). The van der Waals surface area contributed by atoms with Crippen LogP contribution in [-0.4, -0.2) is 45.5 Å². The lowest BCUT2D eigenvalue weighted by molar-refractivity contribution is 0.0953. The summed E-state index contributed by atoms with van der Waals surface area (Å²) in [5.74, 6) is -0.291. The van der Waals surface area contributed by atoms with Crippen LogP contribution in [-0.2, 0) is 6.42 Å². The van der Waals surface area contributed by atoms with Crippen molar-refractivity contribution in [3.63, 3.8) is 0 Å². The maximum absolute atomic E-state index is 13.2. The van der Waals surface area contributed by atoms with Gasteiger partial charge in [-0.05, 0) is 54.1 Å². The predicted octanol–water partition coefficient (Wildman–Crippen LogP) is 4.95. The highest BCUT2D eigenvalue weighted by atomic mass is 16.5. The fourth-order valence-corrected chi connectivity index (χ4v) is 4.41. The topological polar surface area (TPSA) is 153 Å². The first kappa shape index (κ1) is 27.6. The number of methoxy groups -OCH3 is 1. The largest absolute Gasteiger partial charge is 0.507 e. The molecule has 0 atom stereocenters. The minimum Gasteiger partial charge on any atom is -0.507 e. The number of hydrogen-bond acceptors (Lipinski definition) is 7. The second-order valence-electron chi connectivity index (χ2n) is 9.24.